The first-order valence-corrected chi connectivity index (χ1v) is 4.62. The smallest absolute Gasteiger partial charge is 0.252 e. The number of amides is 1. The molecule has 0 atom stereocenters. The van der Waals surface area contributed by atoms with E-state index in [-0.39, 0.29) is 17.2 Å². The molecule has 0 unspecified atom stereocenters. The predicted molar refractivity (Wildman–Crippen MR) is 59.1 cm³/mol. The summed E-state index contributed by atoms with van der Waals surface area (Å²) in [5.74, 6) is -0.702. The lowest BCUT2D eigenvalue weighted by Gasteiger charge is -1.96. The second kappa shape index (κ2) is 3.69. The summed E-state index contributed by atoms with van der Waals surface area (Å²) in [7, 11) is 0. The van der Waals surface area contributed by atoms with Crippen LogP contribution >= 0.6 is 0 Å². The van der Waals surface area contributed by atoms with Crippen LogP contribution in [-0.2, 0) is 0 Å². The maximum Gasteiger partial charge on any atom is 0.252 e. The molecule has 0 aliphatic carbocycles. The Morgan fingerprint density at radius 1 is 1.25 bits per heavy atom. The Kier molecular flexibility index (Phi) is 2.36. The van der Waals surface area contributed by atoms with Crippen LogP contribution in [0.3, 0.4) is 0 Å². The average Bonchev–Trinajstić information content (AvgIpc) is 2.61. The minimum Gasteiger partial charge on any atom is -0.385 e. The number of aromatic nitrogens is 1. The number of nitrogen functional groups attached to an aromatic ring is 1. The fraction of sp³-hybridized carbons (Fsp3) is 0. The first kappa shape index (κ1) is 10.2. The van der Waals surface area contributed by atoms with Crippen LogP contribution in [0.1, 0.15) is 10.4 Å². The van der Waals surface area contributed by atoms with Gasteiger partial charge in [-0.1, -0.05) is 0 Å². The molecule has 0 fully saturated rings. The highest BCUT2D eigenvalue weighted by molar-refractivity contribution is 5.98. The zero-order valence-corrected chi connectivity index (χ0v) is 8.33. The lowest BCUT2D eigenvalue weighted by molar-refractivity contribution is 0.100. The third-order valence-electron chi connectivity index (χ3n) is 2.27. The molecular formula is C11H10FN3O. The van der Waals surface area contributed by atoms with Gasteiger partial charge in [0.2, 0.25) is 0 Å². The fourth-order valence-corrected chi connectivity index (χ4v) is 1.46. The molecule has 0 bridgehead atoms. The van der Waals surface area contributed by atoms with E-state index in [0.29, 0.717) is 5.69 Å². The van der Waals surface area contributed by atoms with Crippen molar-refractivity contribution in [3.05, 3.63) is 41.7 Å². The van der Waals surface area contributed by atoms with E-state index < -0.39 is 5.91 Å². The molecule has 1 aromatic carbocycles. The van der Waals surface area contributed by atoms with Crippen LogP contribution in [-0.4, -0.2) is 10.9 Å². The third-order valence-corrected chi connectivity index (χ3v) is 2.27. The van der Waals surface area contributed by atoms with Crippen molar-refractivity contribution >= 4 is 11.7 Å². The SMILES string of the molecule is NC(=O)c1cc(-c2ccc(F)cc2)[nH]c1N. The average molecular weight is 219 g/mol. The highest BCUT2D eigenvalue weighted by Crippen LogP contribution is 2.23. The molecule has 16 heavy (non-hydrogen) atoms. The molecule has 82 valence electrons. The maximum atomic E-state index is 12.7. The van der Waals surface area contributed by atoms with E-state index in [0.717, 1.165) is 5.56 Å². The number of nitrogens with two attached hydrogens (primary N) is 2. The van der Waals surface area contributed by atoms with E-state index in [1.54, 1.807) is 18.2 Å². The van der Waals surface area contributed by atoms with Gasteiger partial charge in [-0.2, -0.15) is 0 Å². The summed E-state index contributed by atoms with van der Waals surface area (Å²) in [6.45, 7) is 0. The van der Waals surface area contributed by atoms with Crippen molar-refractivity contribution in [1.82, 2.24) is 4.98 Å². The number of primary amides is 1. The zero-order chi connectivity index (χ0) is 11.7. The molecule has 0 saturated heterocycles. The van der Waals surface area contributed by atoms with Crippen molar-refractivity contribution in [3.8, 4) is 11.3 Å². The summed E-state index contributed by atoms with van der Waals surface area (Å²) < 4.78 is 12.7. The molecule has 0 spiro atoms. The van der Waals surface area contributed by atoms with Crippen LogP contribution in [0.2, 0.25) is 0 Å². The number of halogens is 1. The van der Waals surface area contributed by atoms with E-state index in [1.165, 1.54) is 12.1 Å². The van der Waals surface area contributed by atoms with Gasteiger partial charge in [-0.3, -0.25) is 4.79 Å². The second-order valence-electron chi connectivity index (χ2n) is 3.38. The molecular weight excluding hydrogens is 209 g/mol. The van der Waals surface area contributed by atoms with Gasteiger partial charge in [0.05, 0.1) is 5.56 Å². The molecule has 0 saturated carbocycles. The molecule has 1 aromatic heterocycles. The summed E-state index contributed by atoms with van der Waals surface area (Å²) in [5, 5.41) is 0. The monoisotopic (exact) mass is 219 g/mol. The summed E-state index contributed by atoms with van der Waals surface area (Å²) in [6, 6.07) is 7.38. The standard InChI is InChI=1S/C11H10FN3O/c12-7-3-1-6(2-4-7)9-5-8(11(14)16)10(13)15-9/h1-5,15H,13H2,(H2,14,16). The van der Waals surface area contributed by atoms with Gasteiger partial charge in [0.15, 0.2) is 0 Å². The Morgan fingerprint density at radius 3 is 2.38 bits per heavy atom. The minimum atomic E-state index is -0.595. The summed E-state index contributed by atoms with van der Waals surface area (Å²) in [6.07, 6.45) is 0. The Morgan fingerprint density at radius 2 is 1.88 bits per heavy atom. The molecule has 1 amide bonds. The Bertz CT molecular complexity index is 531. The molecule has 0 radical (unpaired) electrons. The lowest BCUT2D eigenvalue weighted by atomic mass is 10.1. The van der Waals surface area contributed by atoms with Gasteiger partial charge in [-0.05, 0) is 35.9 Å². The fourth-order valence-electron chi connectivity index (χ4n) is 1.46. The predicted octanol–water partition coefficient (Wildman–Crippen LogP) is 1.50. The second-order valence-corrected chi connectivity index (χ2v) is 3.38. The topological polar surface area (TPSA) is 84.9 Å². The summed E-state index contributed by atoms with van der Waals surface area (Å²) >= 11 is 0. The molecule has 0 aliphatic rings. The minimum absolute atomic E-state index is 0.215. The van der Waals surface area contributed by atoms with Crippen LogP contribution in [0.4, 0.5) is 10.2 Å². The number of hydrogen-bond donors (Lipinski definition) is 3. The summed E-state index contributed by atoms with van der Waals surface area (Å²) in [5.41, 5.74) is 12.3. The van der Waals surface area contributed by atoms with Crippen LogP contribution in [0, 0.1) is 5.82 Å². The number of hydrogen-bond acceptors (Lipinski definition) is 2. The zero-order valence-electron chi connectivity index (χ0n) is 8.33. The number of H-pyrrole nitrogens is 1. The van der Waals surface area contributed by atoms with Crippen LogP contribution in [0.5, 0.6) is 0 Å². The Labute approximate surface area is 91.1 Å². The van der Waals surface area contributed by atoms with Gasteiger partial charge in [0.1, 0.15) is 11.6 Å². The van der Waals surface area contributed by atoms with Gasteiger partial charge < -0.3 is 16.5 Å². The first-order chi connectivity index (χ1) is 7.58. The van der Waals surface area contributed by atoms with E-state index in [1.807, 2.05) is 0 Å². The number of carbonyl (C=O) groups excluding carboxylic acids is 1. The molecule has 1 heterocycles. The van der Waals surface area contributed by atoms with Crippen molar-refractivity contribution < 1.29 is 9.18 Å². The highest BCUT2D eigenvalue weighted by Gasteiger charge is 2.11. The summed E-state index contributed by atoms with van der Waals surface area (Å²) in [4.78, 5) is 13.8. The van der Waals surface area contributed by atoms with Crippen LogP contribution < -0.4 is 11.5 Å². The molecule has 2 rings (SSSR count). The lowest BCUT2D eigenvalue weighted by Crippen LogP contribution is -2.11. The van der Waals surface area contributed by atoms with Crippen molar-refractivity contribution in [3.63, 3.8) is 0 Å². The van der Waals surface area contributed by atoms with Gasteiger partial charge in [0.25, 0.3) is 5.91 Å². The molecule has 5 N–H and O–H groups in total. The molecule has 4 nitrogen and oxygen atoms in total. The normalized spacial score (nSPS) is 10.3. The van der Waals surface area contributed by atoms with E-state index in [4.69, 9.17) is 11.5 Å². The van der Waals surface area contributed by atoms with Crippen LogP contribution in [0.25, 0.3) is 11.3 Å². The third kappa shape index (κ3) is 1.75. The van der Waals surface area contributed by atoms with Gasteiger partial charge in [-0.15, -0.1) is 0 Å². The maximum absolute atomic E-state index is 12.7. The van der Waals surface area contributed by atoms with Gasteiger partial charge in [0, 0.05) is 5.69 Å². The molecule has 2 aromatic rings. The van der Waals surface area contributed by atoms with E-state index >= 15 is 0 Å². The Balaban J connectivity index is 2.45. The number of benzene rings is 1. The van der Waals surface area contributed by atoms with Crippen molar-refractivity contribution in [2.24, 2.45) is 5.73 Å². The quantitative estimate of drug-likeness (QED) is 0.715. The number of carbonyl (C=O) groups is 1. The van der Waals surface area contributed by atoms with Gasteiger partial charge in [-0.25, -0.2) is 4.39 Å². The molecule has 0 aliphatic heterocycles. The van der Waals surface area contributed by atoms with Crippen molar-refractivity contribution in [2.75, 3.05) is 5.73 Å². The number of nitrogens with one attached hydrogen (secondary N) is 1. The van der Waals surface area contributed by atoms with Crippen LogP contribution in [0.15, 0.2) is 30.3 Å². The first-order valence-electron chi connectivity index (χ1n) is 4.62. The van der Waals surface area contributed by atoms with Gasteiger partial charge >= 0.3 is 0 Å². The van der Waals surface area contributed by atoms with E-state index in [9.17, 15) is 9.18 Å². The Hall–Kier alpha value is -2.30. The number of anilines is 1. The largest absolute Gasteiger partial charge is 0.385 e. The number of rotatable bonds is 2. The number of aromatic amines is 1. The molecule has 5 heteroatoms. The van der Waals surface area contributed by atoms with Crippen molar-refractivity contribution in [2.45, 2.75) is 0 Å². The van der Waals surface area contributed by atoms with Crippen molar-refractivity contribution in [1.29, 1.82) is 0 Å². The van der Waals surface area contributed by atoms with E-state index in [2.05, 4.69) is 4.98 Å². The highest BCUT2D eigenvalue weighted by atomic mass is 19.1.